The zero-order valence-corrected chi connectivity index (χ0v) is 17.4. The maximum absolute atomic E-state index is 12.6. The number of thioether (sulfide) groups is 1. The van der Waals surface area contributed by atoms with E-state index in [2.05, 4.69) is 15.5 Å². The van der Waals surface area contributed by atoms with Crippen LogP contribution in [0.15, 0.2) is 29.4 Å². The van der Waals surface area contributed by atoms with Gasteiger partial charge >= 0.3 is 0 Å². The Balaban J connectivity index is 1.62. The first-order valence-electron chi connectivity index (χ1n) is 9.99. The molecule has 2 aromatic rings. The monoisotopic (exact) mass is 403 g/mol. The first-order valence-corrected chi connectivity index (χ1v) is 10.9. The van der Waals surface area contributed by atoms with Crippen LogP contribution >= 0.6 is 11.8 Å². The number of hydrogen-bond donors (Lipinski definition) is 2. The van der Waals surface area contributed by atoms with Crippen LogP contribution in [-0.4, -0.2) is 38.7 Å². The van der Waals surface area contributed by atoms with Crippen LogP contribution in [0.1, 0.15) is 52.4 Å². The van der Waals surface area contributed by atoms with Gasteiger partial charge < -0.3 is 15.9 Å². The maximum atomic E-state index is 12.6. The van der Waals surface area contributed by atoms with Gasteiger partial charge in [-0.2, -0.15) is 0 Å². The summed E-state index contributed by atoms with van der Waals surface area (Å²) in [5, 5.41) is 11.8. The second kappa shape index (κ2) is 9.82. The van der Waals surface area contributed by atoms with Crippen LogP contribution in [0.4, 0.5) is 0 Å². The molecule has 0 bridgehead atoms. The van der Waals surface area contributed by atoms with Crippen molar-refractivity contribution >= 4 is 17.7 Å². The molecule has 3 N–H and O–H groups in total. The summed E-state index contributed by atoms with van der Waals surface area (Å²) in [5.74, 6) is 7.58. The van der Waals surface area contributed by atoms with Gasteiger partial charge in [0.05, 0.1) is 11.9 Å². The van der Waals surface area contributed by atoms with Gasteiger partial charge in [-0.05, 0) is 51.0 Å². The van der Waals surface area contributed by atoms with Crippen LogP contribution in [0.2, 0.25) is 0 Å². The van der Waals surface area contributed by atoms with Gasteiger partial charge in [0.25, 0.3) is 0 Å². The second-order valence-electron chi connectivity index (χ2n) is 7.09. The maximum Gasteiger partial charge on any atom is 0.233 e. The van der Waals surface area contributed by atoms with Gasteiger partial charge in [0.1, 0.15) is 5.75 Å². The molecule has 1 aromatic heterocycles. The molecule has 1 saturated carbocycles. The van der Waals surface area contributed by atoms with Crippen molar-refractivity contribution < 1.29 is 9.53 Å². The number of carbonyl (C=O) groups is 1. The average Bonchev–Trinajstić information content (AvgIpc) is 2.89. The number of nitrogens with one attached hydrogen (secondary N) is 1. The van der Waals surface area contributed by atoms with Crippen molar-refractivity contribution in [1.82, 2.24) is 20.2 Å². The third kappa shape index (κ3) is 5.19. The molecular weight excluding hydrogens is 374 g/mol. The molecule has 1 amide bonds. The molecule has 0 saturated heterocycles. The number of hydrogen-bond acceptors (Lipinski definition) is 6. The summed E-state index contributed by atoms with van der Waals surface area (Å²) in [5.41, 5.74) is 0.848. The Labute approximate surface area is 170 Å². The molecule has 28 heavy (non-hydrogen) atoms. The molecule has 1 aliphatic carbocycles. The van der Waals surface area contributed by atoms with Crippen LogP contribution in [0.5, 0.6) is 5.75 Å². The summed E-state index contributed by atoms with van der Waals surface area (Å²) in [7, 11) is 0. The lowest BCUT2D eigenvalue weighted by Crippen LogP contribution is -2.39. The molecule has 8 heteroatoms. The van der Waals surface area contributed by atoms with Crippen LogP contribution in [0, 0.1) is 0 Å². The van der Waals surface area contributed by atoms with Crippen molar-refractivity contribution in [3.63, 3.8) is 0 Å². The molecule has 1 aliphatic rings. The Morgan fingerprint density at radius 1 is 1.25 bits per heavy atom. The van der Waals surface area contributed by atoms with E-state index in [1.54, 1.807) is 0 Å². The molecule has 1 atom stereocenters. The highest BCUT2D eigenvalue weighted by Crippen LogP contribution is 2.26. The number of nitrogens with two attached hydrogens (primary N) is 1. The van der Waals surface area contributed by atoms with Crippen molar-refractivity contribution in [2.24, 2.45) is 0 Å². The highest BCUT2D eigenvalue weighted by Gasteiger charge is 2.22. The van der Waals surface area contributed by atoms with Crippen molar-refractivity contribution in [2.75, 3.05) is 12.4 Å². The summed E-state index contributed by atoms with van der Waals surface area (Å²) >= 11 is 1.33. The fourth-order valence-corrected chi connectivity index (χ4v) is 4.15. The van der Waals surface area contributed by atoms with Crippen molar-refractivity contribution in [3.8, 4) is 17.1 Å². The van der Waals surface area contributed by atoms with Gasteiger partial charge in [-0.25, -0.2) is 4.68 Å². The van der Waals surface area contributed by atoms with Gasteiger partial charge in [-0.1, -0.05) is 37.4 Å². The molecular formula is C20H29N5O2S. The lowest BCUT2D eigenvalue weighted by atomic mass is 10.1. The Bertz CT molecular complexity index is 769. The Morgan fingerprint density at radius 2 is 1.93 bits per heavy atom. The van der Waals surface area contributed by atoms with Crippen molar-refractivity contribution in [1.29, 1.82) is 0 Å². The van der Waals surface area contributed by atoms with Crippen LogP contribution in [-0.2, 0) is 4.79 Å². The fourth-order valence-electron chi connectivity index (χ4n) is 3.38. The summed E-state index contributed by atoms with van der Waals surface area (Å²) in [4.78, 5) is 12.6. The smallest absolute Gasteiger partial charge is 0.233 e. The molecule has 0 radical (unpaired) electrons. The average molecular weight is 404 g/mol. The van der Waals surface area contributed by atoms with Gasteiger partial charge in [-0.3, -0.25) is 4.79 Å². The molecule has 1 fully saturated rings. The second-order valence-corrected chi connectivity index (χ2v) is 8.40. The number of aromatic nitrogens is 3. The summed E-state index contributed by atoms with van der Waals surface area (Å²) in [6.07, 6.45) is 7.04. The minimum atomic E-state index is -0.289. The standard InChI is InChI=1S/C20H29N5O2S/c1-3-27-17-12-10-15(11-13-17)18-23-24-20(25(18)21)28-14(2)19(26)22-16-8-6-4-5-7-9-16/h10-14,16H,3-9,21H2,1-2H3,(H,22,26)/t14-/m1/s1. The van der Waals surface area contributed by atoms with Crippen molar-refractivity contribution in [2.45, 2.75) is 68.8 Å². The number of ether oxygens (including phenoxy) is 1. The first-order chi connectivity index (χ1) is 13.6. The Morgan fingerprint density at radius 3 is 2.57 bits per heavy atom. The molecule has 152 valence electrons. The van der Waals surface area contributed by atoms with Crippen LogP contribution in [0.25, 0.3) is 11.4 Å². The third-order valence-electron chi connectivity index (χ3n) is 4.94. The van der Waals surface area contributed by atoms with Crippen LogP contribution in [0.3, 0.4) is 0 Å². The van der Waals surface area contributed by atoms with E-state index in [1.807, 2.05) is 38.1 Å². The summed E-state index contributed by atoms with van der Waals surface area (Å²) in [6, 6.07) is 7.84. The SMILES string of the molecule is CCOc1ccc(-c2nnc(S[C@H](C)C(=O)NC3CCCCCC3)n2N)cc1. The Hall–Kier alpha value is -2.22. The van der Waals surface area contributed by atoms with Crippen LogP contribution < -0.4 is 15.9 Å². The fraction of sp³-hybridized carbons (Fsp3) is 0.550. The van der Waals surface area contributed by atoms with E-state index in [9.17, 15) is 4.79 Å². The van der Waals surface area contributed by atoms with Crippen molar-refractivity contribution in [3.05, 3.63) is 24.3 Å². The normalized spacial score (nSPS) is 16.4. The molecule has 7 nitrogen and oxygen atoms in total. The highest BCUT2D eigenvalue weighted by atomic mass is 32.2. The van der Waals surface area contributed by atoms with E-state index in [0.29, 0.717) is 17.6 Å². The lowest BCUT2D eigenvalue weighted by molar-refractivity contribution is -0.121. The van der Waals surface area contributed by atoms with E-state index < -0.39 is 0 Å². The number of nitrogen functional groups attached to an aromatic ring is 1. The van der Waals surface area contributed by atoms with E-state index in [4.69, 9.17) is 10.6 Å². The van der Waals surface area contributed by atoms with E-state index in [-0.39, 0.29) is 17.2 Å². The lowest BCUT2D eigenvalue weighted by Gasteiger charge is -2.19. The number of carbonyl (C=O) groups excluding carboxylic acids is 1. The van der Waals surface area contributed by atoms with Gasteiger partial charge in [0.15, 0.2) is 5.82 Å². The Kier molecular flexibility index (Phi) is 7.19. The number of benzene rings is 1. The molecule has 1 aromatic carbocycles. The van der Waals surface area contributed by atoms with Gasteiger partial charge in [0, 0.05) is 11.6 Å². The minimum absolute atomic E-state index is 0.0301. The molecule has 3 rings (SSSR count). The highest BCUT2D eigenvalue weighted by molar-refractivity contribution is 8.00. The summed E-state index contributed by atoms with van der Waals surface area (Å²) in [6.45, 7) is 4.44. The number of nitrogens with zero attached hydrogens (tertiary/aromatic N) is 3. The zero-order chi connectivity index (χ0) is 19.9. The molecule has 0 spiro atoms. The van der Waals surface area contributed by atoms with Gasteiger partial charge in [0.2, 0.25) is 11.1 Å². The van der Waals surface area contributed by atoms with E-state index >= 15 is 0 Å². The first kappa shape index (κ1) is 20.5. The number of rotatable bonds is 7. The quantitative estimate of drug-likeness (QED) is 0.418. The topological polar surface area (TPSA) is 95.1 Å². The van der Waals surface area contributed by atoms with E-state index in [1.165, 1.54) is 42.1 Å². The van der Waals surface area contributed by atoms with Gasteiger partial charge in [-0.15, -0.1) is 10.2 Å². The minimum Gasteiger partial charge on any atom is -0.494 e. The number of amides is 1. The predicted octanol–water partition coefficient (Wildman–Crippen LogP) is 3.38. The zero-order valence-electron chi connectivity index (χ0n) is 16.6. The largest absolute Gasteiger partial charge is 0.494 e. The van der Waals surface area contributed by atoms with E-state index in [0.717, 1.165) is 24.2 Å². The molecule has 0 aliphatic heterocycles. The summed E-state index contributed by atoms with van der Waals surface area (Å²) < 4.78 is 6.90. The predicted molar refractivity (Wildman–Crippen MR) is 112 cm³/mol. The molecule has 0 unspecified atom stereocenters. The molecule has 1 heterocycles. The third-order valence-corrected chi connectivity index (χ3v) is 6.00.